The van der Waals surface area contributed by atoms with Crippen LogP contribution in [0, 0.1) is 0 Å². The number of hydrogen-bond donors (Lipinski definition) is 2. The second kappa shape index (κ2) is 6.92. The number of aliphatic carboxylic acids is 1. The highest BCUT2D eigenvalue weighted by atomic mass is 35.5. The molecule has 0 aliphatic carbocycles. The Morgan fingerprint density at radius 1 is 1.45 bits per heavy atom. The van der Waals surface area contributed by atoms with Crippen LogP contribution >= 0.6 is 23.4 Å². The Kier molecular flexibility index (Phi) is 5.23. The molecule has 2 rings (SSSR count). The Morgan fingerprint density at radius 2 is 2.20 bits per heavy atom. The molecule has 0 radical (unpaired) electrons. The van der Waals surface area contributed by atoms with E-state index in [1.54, 1.807) is 11.8 Å². The van der Waals surface area contributed by atoms with Crippen molar-refractivity contribution in [3.05, 3.63) is 41.0 Å². The number of halogens is 1. The first-order valence-corrected chi connectivity index (χ1v) is 7.71. The summed E-state index contributed by atoms with van der Waals surface area (Å²) in [6, 6.07) is 9.02. The molecule has 1 aromatic heterocycles. The van der Waals surface area contributed by atoms with Gasteiger partial charge in [0.15, 0.2) is 0 Å². The summed E-state index contributed by atoms with van der Waals surface area (Å²) < 4.78 is 0. The molecule has 1 atom stereocenters. The number of para-hydroxylation sites is 1. The van der Waals surface area contributed by atoms with Crippen molar-refractivity contribution >= 4 is 40.2 Å². The van der Waals surface area contributed by atoms with Crippen LogP contribution in [-0.4, -0.2) is 27.9 Å². The lowest BCUT2D eigenvalue weighted by Crippen LogP contribution is -2.30. The van der Waals surface area contributed by atoms with Crippen LogP contribution in [0.4, 0.5) is 0 Å². The number of rotatable bonds is 6. The molecule has 1 aromatic carbocycles. The van der Waals surface area contributed by atoms with E-state index in [4.69, 9.17) is 22.4 Å². The molecule has 0 saturated carbocycles. The lowest BCUT2D eigenvalue weighted by molar-refractivity contribution is -0.138. The van der Waals surface area contributed by atoms with E-state index >= 15 is 0 Å². The number of carboxylic acid groups (broad SMARTS) is 1. The predicted octanol–water partition coefficient (Wildman–Crippen LogP) is 2.92. The fourth-order valence-electron chi connectivity index (χ4n) is 1.75. The summed E-state index contributed by atoms with van der Waals surface area (Å²) >= 11 is 7.76. The van der Waals surface area contributed by atoms with Gasteiger partial charge >= 0.3 is 5.97 Å². The van der Waals surface area contributed by atoms with Gasteiger partial charge in [0.1, 0.15) is 11.2 Å². The maximum Gasteiger partial charge on any atom is 0.320 e. The molecule has 0 aliphatic heterocycles. The number of carbonyl (C=O) groups is 1. The van der Waals surface area contributed by atoms with Crippen molar-refractivity contribution in [1.82, 2.24) is 4.98 Å². The summed E-state index contributed by atoms with van der Waals surface area (Å²) in [4.78, 5) is 14.9. The monoisotopic (exact) mass is 310 g/mol. The van der Waals surface area contributed by atoms with E-state index in [2.05, 4.69) is 4.98 Å². The van der Waals surface area contributed by atoms with E-state index in [-0.39, 0.29) is 0 Å². The standard InChI is InChI=1S/C14H15ClN2O2S/c15-13-10(8-20-6-5-11(16)14(18)19)7-9-3-1-2-4-12(9)17-13/h1-4,7,11H,5-6,8,16H2,(H,18,19). The molecule has 0 aliphatic rings. The van der Waals surface area contributed by atoms with Gasteiger partial charge in [0.25, 0.3) is 0 Å². The fraction of sp³-hybridized carbons (Fsp3) is 0.286. The van der Waals surface area contributed by atoms with Gasteiger partial charge in [-0.2, -0.15) is 11.8 Å². The largest absolute Gasteiger partial charge is 0.480 e. The number of fused-ring (bicyclic) bond motifs is 1. The molecule has 1 unspecified atom stereocenters. The van der Waals surface area contributed by atoms with Gasteiger partial charge in [0.2, 0.25) is 0 Å². The molecule has 4 nitrogen and oxygen atoms in total. The molecular weight excluding hydrogens is 296 g/mol. The lowest BCUT2D eigenvalue weighted by atomic mass is 10.2. The van der Waals surface area contributed by atoms with E-state index in [9.17, 15) is 4.79 Å². The van der Waals surface area contributed by atoms with E-state index in [0.717, 1.165) is 16.5 Å². The van der Waals surface area contributed by atoms with E-state index < -0.39 is 12.0 Å². The van der Waals surface area contributed by atoms with Crippen molar-refractivity contribution in [2.24, 2.45) is 5.73 Å². The first-order valence-electron chi connectivity index (χ1n) is 6.18. The van der Waals surface area contributed by atoms with Gasteiger partial charge in [-0.1, -0.05) is 29.8 Å². The van der Waals surface area contributed by atoms with Crippen molar-refractivity contribution in [2.45, 2.75) is 18.2 Å². The number of carboxylic acids is 1. The number of thioether (sulfide) groups is 1. The molecule has 0 bridgehead atoms. The summed E-state index contributed by atoms with van der Waals surface area (Å²) in [6.45, 7) is 0. The predicted molar refractivity (Wildman–Crippen MR) is 83.1 cm³/mol. The zero-order valence-electron chi connectivity index (χ0n) is 10.8. The van der Waals surface area contributed by atoms with Gasteiger partial charge in [0.05, 0.1) is 5.52 Å². The van der Waals surface area contributed by atoms with Crippen molar-refractivity contribution in [3.63, 3.8) is 0 Å². The average molecular weight is 311 g/mol. The number of aromatic nitrogens is 1. The lowest BCUT2D eigenvalue weighted by Gasteiger charge is -2.08. The number of benzene rings is 1. The third-order valence-corrected chi connectivity index (χ3v) is 4.26. The minimum Gasteiger partial charge on any atom is -0.480 e. The van der Waals surface area contributed by atoms with Gasteiger partial charge in [-0.3, -0.25) is 4.79 Å². The fourth-order valence-corrected chi connectivity index (χ4v) is 3.05. The van der Waals surface area contributed by atoms with E-state index in [1.807, 2.05) is 30.3 Å². The molecule has 6 heteroatoms. The molecule has 20 heavy (non-hydrogen) atoms. The summed E-state index contributed by atoms with van der Waals surface area (Å²) in [5.74, 6) is 0.413. The quantitative estimate of drug-likeness (QED) is 0.633. The highest BCUT2D eigenvalue weighted by Crippen LogP contribution is 2.24. The van der Waals surface area contributed by atoms with Crippen LogP contribution in [0.2, 0.25) is 5.15 Å². The zero-order valence-corrected chi connectivity index (χ0v) is 12.3. The Balaban J connectivity index is 1.96. The van der Waals surface area contributed by atoms with Crippen molar-refractivity contribution in [2.75, 3.05) is 5.75 Å². The van der Waals surface area contributed by atoms with Gasteiger partial charge < -0.3 is 10.8 Å². The third kappa shape index (κ3) is 3.85. The van der Waals surface area contributed by atoms with Crippen LogP contribution in [-0.2, 0) is 10.5 Å². The summed E-state index contributed by atoms with van der Waals surface area (Å²) in [7, 11) is 0. The minimum absolute atomic E-state index is 0.443. The summed E-state index contributed by atoms with van der Waals surface area (Å²) in [6.07, 6.45) is 0.443. The average Bonchev–Trinajstić information content (AvgIpc) is 2.43. The molecule has 0 amide bonds. The Bertz CT molecular complexity index is 621. The molecule has 2 aromatic rings. The van der Waals surface area contributed by atoms with Gasteiger partial charge in [-0.05, 0) is 24.3 Å². The van der Waals surface area contributed by atoms with Crippen molar-refractivity contribution < 1.29 is 9.90 Å². The summed E-state index contributed by atoms with van der Waals surface area (Å²) in [5, 5.41) is 10.2. The molecule has 1 heterocycles. The van der Waals surface area contributed by atoms with Crippen LogP contribution < -0.4 is 5.73 Å². The molecule has 106 valence electrons. The Labute approximate surface area is 126 Å². The first-order chi connectivity index (χ1) is 9.58. The molecule has 0 fully saturated rings. The van der Waals surface area contributed by atoms with Gasteiger partial charge in [0, 0.05) is 16.7 Å². The maximum atomic E-state index is 10.6. The van der Waals surface area contributed by atoms with Crippen LogP contribution in [0.5, 0.6) is 0 Å². The zero-order chi connectivity index (χ0) is 14.5. The molecule has 0 saturated heterocycles. The normalized spacial score (nSPS) is 12.5. The highest BCUT2D eigenvalue weighted by molar-refractivity contribution is 7.98. The number of hydrogen-bond acceptors (Lipinski definition) is 4. The third-order valence-electron chi connectivity index (χ3n) is 2.90. The van der Waals surface area contributed by atoms with E-state index in [0.29, 0.717) is 23.1 Å². The number of nitrogens with zero attached hydrogens (tertiary/aromatic N) is 1. The first kappa shape index (κ1) is 15.1. The van der Waals surface area contributed by atoms with E-state index in [1.165, 1.54) is 0 Å². The summed E-state index contributed by atoms with van der Waals surface area (Å²) in [5.41, 5.74) is 7.28. The SMILES string of the molecule is NC(CCSCc1cc2ccccc2nc1Cl)C(=O)O. The van der Waals surface area contributed by atoms with Crippen molar-refractivity contribution in [1.29, 1.82) is 0 Å². The Morgan fingerprint density at radius 3 is 2.95 bits per heavy atom. The van der Waals surface area contributed by atoms with Gasteiger partial charge in [-0.15, -0.1) is 0 Å². The number of pyridine rings is 1. The minimum atomic E-state index is -0.962. The number of nitrogens with two attached hydrogens (primary N) is 1. The topological polar surface area (TPSA) is 76.2 Å². The van der Waals surface area contributed by atoms with Crippen molar-refractivity contribution in [3.8, 4) is 0 Å². The maximum absolute atomic E-state index is 10.6. The highest BCUT2D eigenvalue weighted by Gasteiger charge is 2.11. The molecular formula is C14H15ClN2O2S. The Hall–Kier alpha value is -1.30. The second-order valence-corrected chi connectivity index (χ2v) is 5.88. The van der Waals surface area contributed by atoms with Gasteiger partial charge in [-0.25, -0.2) is 4.98 Å². The van der Waals surface area contributed by atoms with Crippen LogP contribution in [0.3, 0.4) is 0 Å². The molecule has 0 spiro atoms. The smallest absolute Gasteiger partial charge is 0.320 e. The van der Waals surface area contributed by atoms with Crippen LogP contribution in [0.15, 0.2) is 30.3 Å². The second-order valence-electron chi connectivity index (χ2n) is 4.42. The van der Waals surface area contributed by atoms with Crippen LogP contribution in [0.1, 0.15) is 12.0 Å². The molecule has 3 N–H and O–H groups in total. The van der Waals surface area contributed by atoms with Crippen LogP contribution in [0.25, 0.3) is 10.9 Å².